The van der Waals surface area contributed by atoms with Gasteiger partial charge < -0.3 is 44.1 Å². The molecule has 4 saturated heterocycles. The number of carbonyl (C=O) groups is 3. The second-order valence-corrected chi connectivity index (χ2v) is 17.1. The highest BCUT2D eigenvalue weighted by molar-refractivity contribution is 6.26. The first kappa shape index (κ1) is 42.8. The molecule has 0 bridgehead atoms. The summed E-state index contributed by atoms with van der Waals surface area (Å²) in [6.07, 6.45) is 8.61. The molecule has 15 atom stereocenters. The molecule has 1 aliphatic carbocycles. The van der Waals surface area contributed by atoms with Crippen molar-refractivity contribution in [2.24, 2.45) is 41.4 Å². The van der Waals surface area contributed by atoms with E-state index in [0.717, 1.165) is 49.7 Å². The molecule has 4 aliphatic heterocycles. The zero-order valence-corrected chi connectivity index (χ0v) is 33.0. The van der Waals surface area contributed by atoms with E-state index in [1.165, 1.54) is 0 Å². The van der Waals surface area contributed by atoms with Gasteiger partial charge in [-0.05, 0) is 106 Å². The molecule has 0 spiro atoms. The monoisotopic (exact) mass is 760 g/mol. The zero-order valence-electron chi connectivity index (χ0n) is 33.0. The lowest BCUT2D eigenvalue weighted by Crippen LogP contribution is -2.46. The fourth-order valence-corrected chi connectivity index (χ4v) is 9.73. The fourth-order valence-electron chi connectivity index (χ4n) is 9.73. The van der Waals surface area contributed by atoms with Gasteiger partial charge in [0.25, 0.3) is 0 Å². The van der Waals surface area contributed by atoms with Crippen molar-refractivity contribution in [3.05, 3.63) is 35.6 Å². The van der Waals surface area contributed by atoms with E-state index in [4.69, 9.17) is 23.7 Å². The van der Waals surface area contributed by atoms with Gasteiger partial charge >= 0.3 is 5.97 Å². The number of allylic oxidation sites excluding steroid dienone is 2. The Labute approximate surface area is 320 Å². The second kappa shape index (κ2) is 18.3. The summed E-state index contributed by atoms with van der Waals surface area (Å²) in [4.78, 5) is 37.0. The first-order valence-corrected chi connectivity index (χ1v) is 20.1. The number of aliphatic hydroxyl groups is 4. The van der Waals surface area contributed by atoms with Gasteiger partial charge in [0.05, 0.1) is 61.5 Å². The Morgan fingerprint density at radius 2 is 1.80 bits per heavy atom. The summed E-state index contributed by atoms with van der Waals surface area (Å²) < 4.78 is 30.3. The van der Waals surface area contributed by atoms with Crippen molar-refractivity contribution in [1.29, 1.82) is 0 Å². The number of Topliss-reactive ketones (excluding diaryl/α,β-unsaturated/α-hetero) is 2. The average Bonchev–Trinajstić information content (AvgIpc) is 3.83. The van der Waals surface area contributed by atoms with Crippen LogP contribution < -0.4 is 0 Å². The van der Waals surface area contributed by atoms with Crippen molar-refractivity contribution >= 4 is 17.5 Å². The Morgan fingerprint density at radius 1 is 1.06 bits per heavy atom. The van der Waals surface area contributed by atoms with E-state index >= 15 is 0 Å². The van der Waals surface area contributed by atoms with Gasteiger partial charge in [0.2, 0.25) is 5.78 Å². The maximum Gasteiger partial charge on any atom is 0.330 e. The summed E-state index contributed by atoms with van der Waals surface area (Å²) in [5.74, 6) is -5.14. The van der Waals surface area contributed by atoms with E-state index in [1.54, 1.807) is 0 Å². The predicted octanol–water partition coefficient (Wildman–Crippen LogP) is 4.01. The van der Waals surface area contributed by atoms with Crippen LogP contribution in [-0.2, 0) is 38.1 Å². The number of ketones is 2. The van der Waals surface area contributed by atoms with E-state index in [0.29, 0.717) is 18.8 Å². The Morgan fingerprint density at radius 3 is 2.44 bits per heavy atom. The summed E-state index contributed by atoms with van der Waals surface area (Å²) >= 11 is 0. The Balaban J connectivity index is 1.23. The first-order chi connectivity index (χ1) is 25.6. The molecule has 12 heteroatoms. The predicted molar refractivity (Wildman–Crippen MR) is 199 cm³/mol. The number of esters is 1. The lowest BCUT2D eigenvalue weighted by atomic mass is 9.66. The lowest BCUT2D eigenvalue weighted by Gasteiger charge is -2.43. The molecule has 304 valence electrons. The SMILES string of the molecule is C=C1OC(=O)C(C(=O)COCC2C(C=C(CO)C3CCC(C)C(C(C)=CCC4OC(C)(C5CCC(C(O)CC)O5)CC4C)O3)CC(C)C(O)C2CO)C1=O. The minimum absolute atomic E-state index is 0.0145. The third-order valence-electron chi connectivity index (χ3n) is 13.1. The van der Waals surface area contributed by atoms with Gasteiger partial charge in [-0.15, -0.1) is 0 Å². The van der Waals surface area contributed by atoms with Crippen LogP contribution in [0.1, 0.15) is 92.9 Å². The van der Waals surface area contributed by atoms with E-state index in [1.807, 2.05) is 19.9 Å². The topological polar surface area (TPSA) is 178 Å². The van der Waals surface area contributed by atoms with Gasteiger partial charge in [0, 0.05) is 12.5 Å². The summed E-state index contributed by atoms with van der Waals surface area (Å²) in [7, 11) is 0. The number of aliphatic hydroxyl groups excluding tert-OH is 4. The van der Waals surface area contributed by atoms with Crippen LogP contribution in [0.15, 0.2) is 35.6 Å². The van der Waals surface area contributed by atoms with Crippen molar-refractivity contribution in [3.63, 3.8) is 0 Å². The average molecular weight is 761 g/mol. The zero-order chi connectivity index (χ0) is 39.5. The molecule has 5 aliphatic rings. The molecule has 0 amide bonds. The number of rotatable bonds is 15. The molecule has 4 N–H and O–H groups in total. The van der Waals surface area contributed by atoms with E-state index in [9.17, 15) is 34.8 Å². The van der Waals surface area contributed by atoms with Crippen molar-refractivity contribution in [3.8, 4) is 0 Å². The van der Waals surface area contributed by atoms with Crippen molar-refractivity contribution in [2.45, 2.75) is 141 Å². The number of cyclic esters (lactones) is 1. The highest BCUT2D eigenvalue weighted by Crippen LogP contribution is 2.45. The molecule has 0 aromatic carbocycles. The largest absolute Gasteiger partial charge is 0.422 e. The van der Waals surface area contributed by atoms with Crippen LogP contribution in [0.2, 0.25) is 0 Å². The van der Waals surface area contributed by atoms with Gasteiger partial charge in [-0.1, -0.05) is 46.4 Å². The minimum atomic E-state index is -1.59. The van der Waals surface area contributed by atoms with Crippen molar-refractivity contribution in [2.75, 3.05) is 26.4 Å². The normalized spacial score (nSPS) is 41.4. The summed E-state index contributed by atoms with van der Waals surface area (Å²) in [5, 5.41) is 42.4. The molecule has 0 radical (unpaired) electrons. The maximum absolute atomic E-state index is 12.7. The van der Waals surface area contributed by atoms with E-state index < -0.39 is 59.7 Å². The van der Waals surface area contributed by atoms with Crippen LogP contribution in [-0.4, -0.2) is 113 Å². The number of ether oxygens (including phenoxy) is 5. The highest BCUT2D eigenvalue weighted by atomic mass is 16.6. The molecule has 5 fully saturated rings. The van der Waals surface area contributed by atoms with Gasteiger partial charge in [0.15, 0.2) is 17.5 Å². The standard InChI is InChI=1S/C42H64O12/c1-8-31(45)35-13-14-36(52-35)42(7)17-25(5)33(54-42)11-9-22(2)40-23(3)10-12-34(53-40)28(18-43)16-27-15-24(4)38(47)29(19-44)30(27)20-50-21-32(46)37-39(48)26(6)51-41(37)49/h9,16,23-25,27,29-31,33-38,40,43-45,47H,6,8,10-15,17-21H2,1-5,7H3. The summed E-state index contributed by atoms with van der Waals surface area (Å²) in [6.45, 7) is 14.9. The van der Waals surface area contributed by atoms with Crippen molar-refractivity contribution < 1.29 is 58.5 Å². The molecular weight excluding hydrogens is 696 g/mol. The quantitative estimate of drug-likeness (QED) is 0.0818. The molecule has 15 unspecified atom stereocenters. The van der Waals surface area contributed by atoms with E-state index in [2.05, 4.69) is 40.3 Å². The third kappa shape index (κ3) is 9.28. The third-order valence-corrected chi connectivity index (χ3v) is 13.1. The molecule has 1 saturated carbocycles. The molecule has 4 heterocycles. The van der Waals surface area contributed by atoms with Gasteiger partial charge in [-0.25, -0.2) is 0 Å². The van der Waals surface area contributed by atoms with Crippen LogP contribution >= 0.6 is 0 Å². The van der Waals surface area contributed by atoms with Crippen molar-refractivity contribution in [1.82, 2.24) is 0 Å². The number of hydrogen-bond donors (Lipinski definition) is 4. The van der Waals surface area contributed by atoms with Gasteiger partial charge in [0.1, 0.15) is 6.61 Å². The van der Waals surface area contributed by atoms with Crippen LogP contribution in [0.4, 0.5) is 0 Å². The molecule has 0 aromatic rings. The van der Waals surface area contributed by atoms with Crippen LogP contribution in [0.3, 0.4) is 0 Å². The fraction of sp³-hybridized carbons (Fsp3) is 0.786. The molecule has 54 heavy (non-hydrogen) atoms. The molecular formula is C42H64O12. The van der Waals surface area contributed by atoms with E-state index in [-0.39, 0.29) is 73.9 Å². The van der Waals surface area contributed by atoms with Crippen LogP contribution in [0.25, 0.3) is 0 Å². The maximum atomic E-state index is 12.7. The number of hydrogen-bond acceptors (Lipinski definition) is 12. The molecule has 0 aromatic heterocycles. The van der Waals surface area contributed by atoms with Crippen LogP contribution in [0.5, 0.6) is 0 Å². The summed E-state index contributed by atoms with van der Waals surface area (Å²) in [5.41, 5.74) is 1.46. The van der Waals surface area contributed by atoms with Crippen LogP contribution in [0, 0.1) is 41.4 Å². The first-order valence-electron chi connectivity index (χ1n) is 20.1. The van der Waals surface area contributed by atoms with Gasteiger partial charge in [-0.2, -0.15) is 0 Å². The molecule has 12 nitrogen and oxygen atoms in total. The Bertz CT molecular complexity index is 1420. The molecule has 5 rings (SSSR count). The minimum Gasteiger partial charge on any atom is -0.422 e. The lowest BCUT2D eigenvalue weighted by molar-refractivity contribution is -0.146. The summed E-state index contributed by atoms with van der Waals surface area (Å²) in [6, 6.07) is 0. The second-order valence-electron chi connectivity index (χ2n) is 17.1. The smallest absolute Gasteiger partial charge is 0.330 e. The Kier molecular flexibility index (Phi) is 14.5. The highest BCUT2D eigenvalue weighted by Gasteiger charge is 2.50. The number of carbonyl (C=O) groups excluding carboxylic acids is 3. The van der Waals surface area contributed by atoms with Gasteiger partial charge in [-0.3, -0.25) is 14.4 Å². The Hall–Kier alpha value is -2.29.